The molecule has 0 aliphatic heterocycles. The van der Waals surface area contributed by atoms with Crippen molar-refractivity contribution in [1.82, 2.24) is 10.3 Å². The quantitative estimate of drug-likeness (QED) is 0.651. The lowest BCUT2D eigenvalue weighted by molar-refractivity contribution is -0.137. The molecule has 2 N–H and O–H groups in total. The van der Waals surface area contributed by atoms with E-state index in [0.29, 0.717) is 0 Å². The zero-order valence-corrected chi connectivity index (χ0v) is 16.9. The first-order chi connectivity index (χ1) is 14.0. The molecule has 0 spiro atoms. The lowest BCUT2D eigenvalue weighted by Gasteiger charge is -2.39. The van der Waals surface area contributed by atoms with Crippen LogP contribution >= 0.6 is 11.6 Å². The van der Waals surface area contributed by atoms with Crippen molar-refractivity contribution < 1.29 is 27.5 Å². The van der Waals surface area contributed by atoms with Crippen molar-refractivity contribution in [2.45, 2.75) is 43.1 Å². The first-order valence-electron chi connectivity index (χ1n) is 9.43. The number of rotatable bonds is 6. The summed E-state index contributed by atoms with van der Waals surface area (Å²) in [5, 5.41) is 13.2. The highest BCUT2D eigenvalue weighted by molar-refractivity contribution is 6.32. The summed E-state index contributed by atoms with van der Waals surface area (Å²) in [4.78, 5) is 17.0. The van der Waals surface area contributed by atoms with E-state index < -0.39 is 33.8 Å². The maximum absolute atomic E-state index is 15.9. The monoisotopic (exact) mass is 444 g/mol. The summed E-state index contributed by atoms with van der Waals surface area (Å²) < 4.78 is 55.0. The molecular formula is C21H21ClF4N2O2. The van der Waals surface area contributed by atoms with Crippen LogP contribution in [0.5, 0.6) is 0 Å². The molecule has 1 aromatic heterocycles. The average molecular weight is 445 g/mol. The molecule has 162 valence electrons. The lowest BCUT2D eigenvalue weighted by atomic mass is 9.72. The van der Waals surface area contributed by atoms with E-state index in [9.17, 15) is 23.1 Å². The molecule has 0 bridgehead atoms. The van der Waals surface area contributed by atoms with Gasteiger partial charge in [-0.05, 0) is 44.0 Å². The number of aryl methyl sites for hydroxylation is 1. The zero-order chi connectivity index (χ0) is 22.2. The number of pyridine rings is 1. The Kier molecular flexibility index (Phi) is 6.23. The van der Waals surface area contributed by atoms with E-state index in [2.05, 4.69) is 10.3 Å². The van der Waals surface area contributed by atoms with Gasteiger partial charge in [-0.15, -0.1) is 0 Å². The zero-order valence-electron chi connectivity index (χ0n) is 16.2. The number of carbonyl (C=O) groups is 1. The topological polar surface area (TPSA) is 62.2 Å². The fourth-order valence-electron chi connectivity index (χ4n) is 3.92. The molecule has 4 nitrogen and oxygen atoms in total. The fraction of sp³-hybridized carbons (Fsp3) is 0.429. The molecule has 1 aliphatic rings. The van der Waals surface area contributed by atoms with Crippen LogP contribution in [0.4, 0.5) is 17.6 Å². The van der Waals surface area contributed by atoms with Crippen molar-refractivity contribution in [2.75, 3.05) is 13.6 Å². The fourth-order valence-corrected chi connectivity index (χ4v) is 4.25. The molecule has 3 rings (SSSR count). The number of likely N-dealkylation sites (N-methyl/N-ethyl adjacent to an activating group) is 1. The molecule has 1 heterocycles. The summed E-state index contributed by atoms with van der Waals surface area (Å²) >= 11 is 5.88. The van der Waals surface area contributed by atoms with E-state index in [4.69, 9.17) is 11.6 Å². The van der Waals surface area contributed by atoms with Gasteiger partial charge in [0.15, 0.2) is 11.5 Å². The van der Waals surface area contributed by atoms with E-state index >= 15 is 4.39 Å². The van der Waals surface area contributed by atoms with Gasteiger partial charge >= 0.3 is 6.18 Å². The Morgan fingerprint density at radius 2 is 2.00 bits per heavy atom. The summed E-state index contributed by atoms with van der Waals surface area (Å²) in [5.74, 6) is -0.781. The summed E-state index contributed by atoms with van der Waals surface area (Å²) in [5.41, 5.74) is -4.57. The molecule has 0 fully saturated rings. The second kappa shape index (κ2) is 8.24. The molecule has 0 radical (unpaired) electrons. The maximum atomic E-state index is 15.9. The number of Topliss-reactive ketones (excluding diaryl/α,β-unsaturated/α-hetero) is 1. The molecule has 9 heteroatoms. The standard InChI is InChI=1S/C21H21ClF4N2O2/c1-27-12-19(30)9-10-20(23,15-6-3-11-28-18(15)19)16(29)8-7-13-4-2-5-14(17(13)22)21(24,25)26/h2-6,11,27,30H,7-10,12H2,1H3. The van der Waals surface area contributed by atoms with Crippen LogP contribution in [0, 0.1) is 0 Å². The third-order valence-electron chi connectivity index (χ3n) is 5.48. The predicted octanol–water partition coefficient (Wildman–Crippen LogP) is 4.32. The lowest BCUT2D eigenvalue weighted by Crippen LogP contribution is -2.47. The maximum Gasteiger partial charge on any atom is 0.417 e. The summed E-state index contributed by atoms with van der Waals surface area (Å²) in [7, 11) is 1.64. The van der Waals surface area contributed by atoms with Gasteiger partial charge in [0.25, 0.3) is 0 Å². The molecule has 1 aromatic carbocycles. The third kappa shape index (κ3) is 4.08. The molecule has 0 amide bonds. The van der Waals surface area contributed by atoms with Gasteiger partial charge in [-0.2, -0.15) is 13.2 Å². The number of aromatic nitrogens is 1. The van der Waals surface area contributed by atoms with Crippen molar-refractivity contribution in [3.8, 4) is 0 Å². The highest BCUT2D eigenvalue weighted by atomic mass is 35.5. The van der Waals surface area contributed by atoms with Gasteiger partial charge < -0.3 is 10.4 Å². The van der Waals surface area contributed by atoms with Gasteiger partial charge in [0.05, 0.1) is 16.3 Å². The van der Waals surface area contributed by atoms with E-state index in [1.54, 1.807) is 7.05 Å². The number of hydrogen-bond acceptors (Lipinski definition) is 4. The van der Waals surface area contributed by atoms with Gasteiger partial charge in [-0.25, -0.2) is 4.39 Å². The normalized spacial score (nSPS) is 23.8. The highest BCUT2D eigenvalue weighted by Crippen LogP contribution is 2.46. The number of ketones is 1. The Labute approximate surface area is 176 Å². The van der Waals surface area contributed by atoms with Crippen LogP contribution in [-0.4, -0.2) is 29.5 Å². The molecule has 0 saturated heterocycles. The number of hydrogen-bond donors (Lipinski definition) is 2. The summed E-state index contributed by atoms with van der Waals surface area (Å²) in [6, 6.07) is 6.34. The van der Waals surface area contributed by atoms with Crippen molar-refractivity contribution >= 4 is 17.4 Å². The number of benzene rings is 1. The number of halogens is 5. The van der Waals surface area contributed by atoms with Crippen LogP contribution in [0.15, 0.2) is 36.5 Å². The number of nitrogens with one attached hydrogen (secondary N) is 1. The van der Waals surface area contributed by atoms with Crippen molar-refractivity contribution in [3.63, 3.8) is 0 Å². The number of alkyl halides is 4. The molecule has 2 atom stereocenters. The Balaban J connectivity index is 1.86. The van der Waals surface area contributed by atoms with E-state index in [1.807, 2.05) is 0 Å². The Hall–Kier alpha value is -2.03. The minimum absolute atomic E-state index is 0.00543. The van der Waals surface area contributed by atoms with Gasteiger partial charge in [0.2, 0.25) is 0 Å². The Morgan fingerprint density at radius 1 is 1.27 bits per heavy atom. The predicted molar refractivity (Wildman–Crippen MR) is 104 cm³/mol. The minimum atomic E-state index is -4.62. The second-order valence-electron chi connectivity index (χ2n) is 7.46. The van der Waals surface area contributed by atoms with Crippen molar-refractivity contribution in [1.29, 1.82) is 0 Å². The largest absolute Gasteiger partial charge is 0.417 e. The smallest absolute Gasteiger partial charge is 0.382 e. The van der Waals surface area contributed by atoms with Crippen LogP contribution in [0.1, 0.15) is 41.6 Å². The summed E-state index contributed by atoms with van der Waals surface area (Å²) in [6.45, 7) is 0.140. The molecular weight excluding hydrogens is 424 g/mol. The molecule has 2 unspecified atom stereocenters. The van der Waals surface area contributed by atoms with Crippen LogP contribution in [0.25, 0.3) is 0 Å². The number of carbonyl (C=O) groups excluding carboxylic acids is 1. The molecule has 0 saturated carbocycles. The van der Waals surface area contributed by atoms with Gasteiger partial charge in [-0.3, -0.25) is 9.78 Å². The second-order valence-corrected chi connectivity index (χ2v) is 7.84. The minimum Gasteiger partial charge on any atom is -0.382 e. The van der Waals surface area contributed by atoms with Crippen molar-refractivity contribution in [3.05, 3.63) is 63.9 Å². The SMILES string of the molecule is CNCC1(O)CCC(F)(C(=O)CCc2cccc(C(F)(F)F)c2Cl)c2cccnc21. The first kappa shape index (κ1) is 22.7. The van der Waals surface area contributed by atoms with Gasteiger partial charge in [0, 0.05) is 24.7 Å². The van der Waals surface area contributed by atoms with E-state index in [1.165, 1.54) is 30.5 Å². The van der Waals surface area contributed by atoms with E-state index in [-0.39, 0.29) is 49.0 Å². The van der Waals surface area contributed by atoms with Crippen LogP contribution in [0.2, 0.25) is 5.02 Å². The van der Waals surface area contributed by atoms with Crippen molar-refractivity contribution in [2.24, 2.45) is 0 Å². The number of aliphatic hydroxyl groups is 1. The number of nitrogens with zero attached hydrogens (tertiary/aromatic N) is 1. The first-order valence-corrected chi connectivity index (χ1v) is 9.80. The molecule has 1 aliphatic carbocycles. The van der Waals surface area contributed by atoms with Gasteiger partial charge in [-0.1, -0.05) is 29.8 Å². The summed E-state index contributed by atoms with van der Waals surface area (Å²) in [6.07, 6.45) is -3.95. The average Bonchev–Trinajstić information content (AvgIpc) is 2.70. The Morgan fingerprint density at radius 3 is 2.67 bits per heavy atom. The third-order valence-corrected chi connectivity index (χ3v) is 5.92. The van der Waals surface area contributed by atoms with Crippen LogP contribution < -0.4 is 5.32 Å². The van der Waals surface area contributed by atoms with Gasteiger partial charge in [0.1, 0.15) is 5.60 Å². The number of fused-ring (bicyclic) bond motifs is 1. The van der Waals surface area contributed by atoms with E-state index in [0.717, 1.165) is 6.07 Å². The highest BCUT2D eigenvalue weighted by Gasteiger charge is 2.51. The molecule has 30 heavy (non-hydrogen) atoms. The molecule has 2 aromatic rings. The van der Waals surface area contributed by atoms with Crippen LogP contribution in [-0.2, 0) is 28.7 Å². The Bertz CT molecular complexity index is 953. The van der Waals surface area contributed by atoms with Crippen LogP contribution in [0.3, 0.4) is 0 Å².